The molecule has 35 heavy (non-hydrogen) atoms. The van der Waals surface area contributed by atoms with E-state index in [1.165, 1.54) is 0 Å². The average Bonchev–Trinajstić information content (AvgIpc) is 3.39. The number of Topliss-reactive ketones (excluding diaryl/α,β-unsaturated/α-hetero) is 1. The van der Waals surface area contributed by atoms with Crippen molar-refractivity contribution in [3.05, 3.63) is 112 Å². The molecule has 1 unspecified atom stereocenters. The zero-order valence-electron chi connectivity index (χ0n) is 19.2. The van der Waals surface area contributed by atoms with Crippen molar-refractivity contribution >= 4 is 23.1 Å². The van der Waals surface area contributed by atoms with Crippen molar-refractivity contribution in [2.24, 2.45) is 5.16 Å². The third-order valence-electron chi connectivity index (χ3n) is 5.91. The molecule has 1 aliphatic rings. The number of carbonyl (C=O) groups is 1. The quantitative estimate of drug-likeness (QED) is 0.232. The highest BCUT2D eigenvalue weighted by molar-refractivity contribution is 6.29. The molecule has 0 radical (unpaired) electrons. The predicted octanol–water partition coefficient (Wildman–Crippen LogP) is 6.18. The highest BCUT2D eigenvalue weighted by Crippen LogP contribution is 2.30. The van der Waals surface area contributed by atoms with Crippen molar-refractivity contribution in [1.82, 2.24) is 15.0 Å². The number of rotatable bonds is 7. The van der Waals surface area contributed by atoms with E-state index in [2.05, 4.69) is 20.1 Å². The second-order valence-electron chi connectivity index (χ2n) is 8.52. The van der Waals surface area contributed by atoms with Crippen LogP contribution in [0.4, 0.5) is 0 Å². The van der Waals surface area contributed by atoms with Crippen LogP contribution in [-0.4, -0.2) is 26.4 Å². The van der Waals surface area contributed by atoms with Gasteiger partial charge in [0.05, 0.1) is 17.1 Å². The lowest BCUT2D eigenvalue weighted by molar-refractivity contribution is 0.0826. The van der Waals surface area contributed by atoms with Gasteiger partial charge in [0.2, 0.25) is 0 Å². The van der Waals surface area contributed by atoms with Gasteiger partial charge in [0.1, 0.15) is 5.15 Å². The summed E-state index contributed by atoms with van der Waals surface area (Å²) >= 11 is 5.88. The van der Waals surface area contributed by atoms with Gasteiger partial charge in [-0.2, -0.15) is 0 Å². The molecule has 1 atom stereocenters. The minimum atomic E-state index is -0.246. The summed E-state index contributed by atoms with van der Waals surface area (Å²) in [6, 6.07) is 19.1. The van der Waals surface area contributed by atoms with Gasteiger partial charge in [0, 0.05) is 48.1 Å². The van der Waals surface area contributed by atoms with E-state index < -0.39 is 0 Å². The van der Waals surface area contributed by atoms with Gasteiger partial charge in [0.15, 0.2) is 11.9 Å². The monoisotopic (exact) mass is 482 g/mol. The van der Waals surface area contributed by atoms with E-state index in [4.69, 9.17) is 16.4 Å². The van der Waals surface area contributed by atoms with Crippen LogP contribution < -0.4 is 0 Å². The van der Waals surface area contributed by atoms with E-state index in [9.17, 15) is 4.79 Å². The largest absolute Gasteiger partial charge is 0.385 e. The summed E-state index contributed by atoms with van der Waals surface area (Å²) in [4.78, 5) is 32.0. The van der Waals surface area contributed by atoms with E-state index in [0.717, 1.165) is 39.4 Å². The minimum Gasteiger partial charge on any atom is -0.385 e. The molecule has 0 saturated carbocycles. The number of hydrogen-bond acceptors (Lipinski definition) is 6. The predicted molar refractivity (Wildman–Crippen MR) is 136 cm³/mol. The van der Waals surface area contributed by atoms with E-state index in [0.29, 0.717) is 30.0 Å². The van der Waals surface area contributed by atoms with Gasteiger partial charge in [0.25, 0.3) is 0 Å². The molecule has 1 aromatic carbocycles. The summed E-state index contributed by atoms with van der Waals surface area (Å²) in [5, 5.41) is 4.78. The first kappa shape index (κ1) is 22.9. The molecule has 0 amide bonds. The molecule has 5 rings (SSSR count). The summed E-state index contributed by atoms with van der Waals surface area (Å²) in [6.45, 7) is 2.00. The average molecular weight is 483 g/mol. The van der Waals surface area contributed by atoms with Crippen LogP contribution in [0.3, 0.4) is 0 Å². The first-order valence-corrected chi connectivity index (χ1v) is 11.8. The topological polar surface area (TPSA) is 77.3 Å². The third kappa shape index (κ3) is 5.44. The molecule has 0 saturated heterocycles. The van der Waals surface area contributed by atoms with Gasteiger partial charge in [-0.1, -0.05) is 35.0 Å². The number of ketones is 1. The van der Waals surface area contributed by atoms with Crippen LogP contribution in [-0.2, 0) is 11.3 Å². The Hall–Kier alpha value is -3.90. The van der Waals surface area contributed by atoms with Gasteiger partial charge in [-0.25, -0.2) is 4.98 Å². The Morgan fingerprint density at radius 1 is 1.00 bits per heavy atom. The molecule has 4 heterocycles. The van der Waals surface area contributed by atoms with E-state index in [1.807, 2.05) is 67.7 Å². The first-order valence-electron chi connectivity index (χ1n) is 11.4. The van der Waals surface area contributed by atoms with Crippen molar-refractivity contribution in [2.75, 3.05) is 0 Å². The van der Waals surface area contributed by atoms with Crippen molar-refractivity contribution in [1.29, 1.82) is 0 Å². The number of aromatic nitrogens is 3. The van der Waals surface area contributed by atoms with Crippen LogP contribution in [0.2, 0.25) is 5.15 Å². The Kier molecular flexibility index (Phi) is 6.64. The van der Waals surface area contributed by atoms with Gasteiger partial charge in [-0.05, 0) is 66.9 Å². The van der Waals surface area contributed by atoms with Gasteiger partial charge in [-0.3, -0.25) is 14.8 Å². The molecule has 1 aliphatic heterocycles. The Balaban J connectivity index is 1.43. The van der Waals surface area contributed by atoms with Crippen molar-refractivity contribution in [2.45, 2.75) is 32.3 Å². The number of benzene rings is 1. The zero-order valence-corrected chi connectivity index (χ0v) is 19.9. The molecular formula is C28H23ClN4O2. The summed E-state index contributed by atoms with van der Waals surface area (Å²) in [6.07, 6.45) is 6.54. The number of oxime groups is 1. The molecular weight excluding hydrogens is 460 g/mol. The lowest BCUT2D eigenvalue weighted by Crippen LogP contribution is -2.07. The SMILES string of the molecule is Cc1ccc(-c2cc(C(=O)CCc3ccc(Cl)nc3)cc(C3=NOC(c4ccccn4)C3)c2)nc1. The molecule has 4 aromatic rings. The minimum absolute atomic E-state index is 0.0379. The van der Waals surface area contributed by atoms with Crippen LogP contribution in [0.15, 0.2) is 84.4 Å². The van der Waals surface area contributed by atoms with Gasteiger partial charge < -0.3 is 4.84 Å². The zero-order chi connectivity index (χ0) is 24.2. The molecule has 0 fully saturated rings. The normalized spacial score (nSPS) is 14.9. The Labute approximate surface area is 208 Å². The lowest BCUT2D eigenvalue weighted by atomic mass is 9.94. The molecule has 6 nitrogen and oxygen atoms in total. The highest BCUT2D eigenvalue weighted by atomic mass is 35.5. The maximum Gasteiger partial charge on any atom is 0.174 e. The number of carbonyl (C=O) groups excluding carboxylic acids is 1. The lowest BCUT2D eigenvalue weighted by Gasteiger charge is -2.10. The number of nitrogens with zero attached hydrogens (tertiary/aromatic N) is 4. The standard InChI is InChI=1S/C28H23ClN4O2/c1-18-5-8-23(31-16-18)20-12-21(25-15-27(35-33-25)24-4-2-3-11-30-24)14-22(13-20)26(34)9-6-19-7-10-28(29)32-17-19/h2-5,7-8,10-14,16-17,27H,6,9,15H2,1H3. The van der Waals surface area contributed by atoms with Crippen molar-refractivity contribution in [3.63, 3.8) is 0 Å². The molecule has 0 N–H and O–H groups in total. The van der Waals surface area contributed by atoms with E-state index in [1.54, 1.807) is 18.5 Å². The van der Waals surface area contributed by atoms with E-state index >= 15 is 0 Å². The maximum atomic E-state index is 13.2. The molecule has 0 bridgehead atoms. The summed E-state index contributed by atoms with van der Waals surface area (Å²) < 4.78 is 0. The molecule has 3 aromatic heterocycles. The maximum absolute atomic E-state index is 13.2. The smallest absolute Gasteiger partial charge is 0.174 e. The summed E-state index contributed by atoms with van der Waals surface area (Å²) in [5.41, 5.74) is 6.78. The molecule has 174 valence electrons. The second kappa shape index (κ2) is 10.2. The Morgan fingerprint density at radius 3 is 2.63 bits per heavy atom. The fourth-order valence-electron chi connectivity index (χ4n) is 3.97. The van der Waals surface area contributed by atoms with Crippen molar-refractivity contribution < 1.29 is 9.63 Å². The van der Waals surface area contributed by atoms with Crippen molar-refractivity contribution in [3.8, 4) is 11.3 Å². The summed E-state index contributed by atoms with van der Waals surface area (Å²) in [7, 11) is 0. The number of aryl methyl sites for hydroxylation is 2. The molecule has 0 aliphatic carbocycles. The van der Waals surface area contributed by atoms with Crippen LogP contribution >= 0.6 is 11.6 Å². The van der Waals surface area contributed by atoms with Crippen LogP contribution in [0.1, 0.15) is 51.7 Å². The number of halogens is 1. The molecule has 7 heteroatoms. The van der Waals surface area contributed by atoms with Crippen LogP contribution in [0.25, 0.3) is 11.3 Å². The summed E-state index contributed by atoms with van der Waals surface area (Å²) in [5.74, 6) is 0.0379. The van der Waals surface area contributed by atoms with E-state index in [-0.39, 0.29) is 11.9 Å². The van der Waals surface area contributed by atoms with Crippen LogP contribution in [0, 0.1) is 6.92 Å². The Bertz CT molecular complexity index is 1370. The van der Waals surface area contributed by atoms with Crippen LogP contribution in [0.5, 0.6) is 0 Å². The Morgan fingerprint density at radius 2 is 1.89 bits per heavy atom. The van der Waals surface area contributed by atoms with Gasteiger partial charge in [-0.15, -0.1) is 0 Å². The highest BCUT2D eigenvalue weighted by Gasteiger charge is 2.26. The fraction of sp³-hybridized carbons (Fsp3) is 0.179. The number of pyridine rings is 3. The molecule has 0 spiro atoms. The number of hydrogen-bond donors (Lipinski definition) is 0. The van der Waals surface area contributed by atoms with Gasteiger partial charge >= 0.3 is 0 Å². The fourth-order valence-corrected chi connectivity index (χ4v) is 4.08. The second-order valence-corrected chi connectivity index (χ2v) is 8.91. The first-order chi connectivity index (χ1) is 17.0. The third-order valence-corrected chi connectivity index (χ3v) is 6.13.